The van der Waals surface area contributed by atoms with Crippen LogP contribution in [0.15, 0.2) is 18.3 Å². The van der Waals surface area contributed by atoms with Crippen LogP contribution in [0, 0.1) is 24.7 Å². The summed E-state index contributed by atoms with van der Waals surface area (Å²) in [6.07, 6.45) is 7.79. The molecule has 0 unspecified atom stereocenters. The average molecular weight is 244 g/mol. The van der Waals surface area contributed by atoms with Gasteiger partial charge < -0.3 is 5.32 Å². The number of rotatable bonds is 5. The molecule has 1 aromatic rings. The number of amides is 1. The monoisotopic (exact) mass is 244 g/mol. The van der Waals surface area contributed by atoms with Crippen LogP contribution in [0.1, 0.15) is 37.7 Å². The third-order valence-electron chi connectivity index (χ3n) is 4.05. The molecule has 2 fully saturated rings. The first-order valence-corrected chi connectivity index (χ1v) is 6.95. The van der Waals surface area contributed by atoms with Gasteiger partial charge in [-0.1, -0.05) is 6.07 Å². The van der Waals surface area contributed by atoms with Gasteiger partial charge in [0.1, 0.15) is 5.82 Å². The highest BCUT2D eigenvalue weighted by Crippen LogP contribution is 2.50. The van der Waals surface area contributed by atoms with E-state index in [-0.39, 0.29) is 5.91 Å². The number of carbonyl (C=O) groups excluding carboxylic acids is 1. The Kier molecular flexibility index (Phi) is 3.06. The molecule has 2 aliphatic rings. The number of carbonyl (C=O) groups is 1. The molecule has 18 heavy (non-hydrogen) atoms. The van der Waals surface area contributed by atoms with E-state index >= 15 is 0 Å². The molecule has 0 bridgehead atoms. The summed E-state index contributed by atoms with van der Waals surface area (Å²) >= 11 is 0. The summed E-state index contributed by atoms with van der Waals surface area (Å²) in [5.41, 5.74) is 1.11. The zero-order valence-electron chi connectivity index (χ0n) is 10.9. The Morgan fingerprint density at radius 2 is 2.00 bits per heavy atom. The molecule has 0 aromatic carbocycles. The van der Waals surface area contributed by atoms with Gasteiger partial charge in [0, 0.05) is 12.6 Å². The van der Waals surface area contributed by atoms with Crippen molar-refractivity contribution in [1.29, 1.82) is 0 Å². The van der Waals surface area contributed by atoms with Crippen molar-refractivity contribution in [3.05, 3.63) is 23.9 Å². The maximum Gasteiger partial charge on any atom is 0.225 e. The van der Waals surface area contributed by atoms with Crippen LogP contribution in [-0.4, -0.2) is 10.9 Å². The lowest BCUT2D eigenvalue weighted by Gasteiger charge is -2.14. The maximum absolute atomic E-state index is 12.0. The lowest BCUT2D eigenvalue weighted by Crippen LogP contribution is -2.19. The van der Waals surface area contributed by atoms with Gasteiger partial charge in [-0.3, -0.25) is 4.79 Å². The number of aromatic nitrogens is 1. The lowest BCUT2D eigenvalue weighted by atomic mass is 9.94. The molecule has 1 amide bonds. The molecule has 0 aliphatic heterocycles. The van der Waals surface area contributed by atoms with Crippen molar-refractivity contribution >= 4 is 11.7 Å². The fourth-order valence-corrected chi connectivity index (χ4v) is 2.72. The molecule has 0 radical (unpaired) electrons. The Balaban J connectivity index is 1.55. The highest BCUT2D eigenvalue weighted by Gasteiger charge is 2.42. The molecular formula is C15H20N2O. The van der Waals surface area contributed by atoms with E-state index in [2.05, 4.69) is 10.3 Å². The van der Waals surface area contributed by atoms with Crippen molar-refractivity contribution in [3.8, 4) is 0 Å². The van der Waals surface area contributed by atoms with Crippen molar-refractivity contribution in [1.82, 2.24) is 4.98 Å². The molecule has 0 saturated heterocycles. The summed E-state index contributed by atoms with van der Waals surface area (Å²) in [5, 5.41) is 2.91. The summed E-state index contributed by atoms with van der Waals surface area (Å²) in [4.78, 5) is 16.2. The Labute approximate surface area is 108 Å². The topological polar surface area (TPSA) is 42.0 Å². The number of hydrogen-bond acceptors (Lipinski definition) is 2. The van der Waals surface area contributed by atoms with Crippen molar-refractivity contribution in [2.45, 2.75) is 39.0 Å². The third kappa shape index (κ3) is 2.89. The van der Waals surface area contributed by atoms with Gasteiger partial charge in [-0.15, -0.1) is 0 Å². The fraction of sp³-hybridized carbons (Fsp3) is 0.600. The fourth-order valence-electron chi connectivity index (χ4n) is 2.72. The van der Waals surface area contributed by atoms with Gasteiger partial charge in [0.15, 0.2) is 0 Å². The van der Waals surface area contributed by atoms with Gasteiger partial charge in [-0.2, -0.15) is 0 Å². The molecule has 3 rings (SSSR count). The second-order valence-corrected chi connectivity index (χ2v) is 5.81. The SMILES string of the molecule is Cc1ccc(NC(=O)CC(C2CC2)C2CC2)nc1. The minimum Gasteiger partial charge on any atom is -0.311 e. The van der Waals surface area contributed by atoms with E-state index in [9.17, 15) is 4.79 Å². The number of hydrogen-bond donors (Lipinski definition) is 1. The largest absolute Gasteiger partial charge is 0.311 e. The number of aryl methyl sites for hydroxylation is 1. The summed E-state index contributed by atoms with van der Waals surface area (Å²) < 4.78 is 0. The van der Waals surface area contributed by atoms with Gasteiger partial charge in [-0.05, 0) is 62.0 Å². The summed E-state index contributed by atoms with van der Waals surface area (Å²) in [7, 11) is 0. The number of nitrogens with zero attached hydrogens (tertiary/aromatic N) is 1. The molecule has 1 N–H and O–H groups in total. The average Bonchev–Trinajstić information content (AvgIpc) is 3.22. The van der Waals surface area contributed by atoms with Crippen LogP contribution in [0.2, 0.25) is 0 Å². The van der Waals surface area contributed by atoms with Crippen molar-refractivity contribution in [2.75, 3.05) is 5.32 Å². The zero-order valence-corrected chi connectivity index (χ0v) is 10.9. The van der Waals surface area contributed by atoms with Crippen LogP contribution in [0.5, 0.6) is 0 Å². The second-order valence-electron chi connectivity index (χ2n) is 5.81. The smallest absolute Gasteiger partial charge is 0.225 e. The predicted octanol–water partition coefficient (Wildman–Crippen LogP) is 3.15. The summed E-state index contributed by atoms with van der Waals surface area (Å²) in [6, 6.07) is 3.85. The van der Waals surface area contributed by atoms with E-state index in [1.807, 2.05) is 19.1 Å². The predicted molar refractivity (Wildman–Crippen MR) is 71.2 cm³/mol. The van der Waals surface area contributed by atoms with Crippen LogP contribution in [-0.2, 0) is 4.79 Å². The number of pyridine rings is 1. The van der Waals surface area contributed by atoms with Crippen LogP contribution in [0.4, 0.5) is 5.82 Å². The lowest BCUT2D eigenvalue weighted by molar-refractivity contribution is -0.117. The van der Waals surface area contributed by atoms with Crippen molar-refractivity contribution in [3.63, 3.8) is 0 Å². The standard InChI is InChI=1S/C15H20N2O/c1-10-2-7-14(16-9-10)17-15(18)8-13(11-3-4-11)12-5-6-12/h2,7,9,11-13H,3-6,8H2,1H3,(H,16,17,18). The van der Waals surface area contributed by atoms with E-state index in [4.69, 9.17) is 0 Å². The van der Waals surface area contributed by atoms with Crippen LogP contribution < -0.4 is 5.32 Å². The zero-order chi connectivity index (χ0) is 12.5. The van der Waals surface area contributed by atoms with Gasteiger partial charge in [0.05, 0.1) is 0 Å². The number of nitrogens with one attached hydrogen (secondary N) is 1. The van der Waals surface area contributed by atoms with Crippen molar-refractivity contribution < 1.29 is 4.79 Å². The molecule has 2 saturated carbocycles. The van der Waals surface area contributed by atoms with Gasteiger partial charge in [0.2, 0.25) is 5.91 Å². The minimum absolute atomic E-state index is 0.134. The van der Waals surface area contributed by atoms with Gasteiger partial charge in [-0.25, -0.2) is 4.98 Å². The Morgan fingerprint density at radius 1 is 1.33 bits per heavy atom. The molecule has 2 aliphatic carbocycles. The molecular weight excluding hydrogens is 224 g/mol. The van der Waals surface area contributed by atoms with E-state index in [1.54, 1.807) is 6.20 Å². The molecule has 3 heteroatoms. The normalized spacial score (nSPS) is 19.0. The molecule has 0 spiro atoms. The number of anilines is 1. The quantitative estimate of drug-likeness (QED) is 0.864. The van der Waals surface area contributed by atoms with E-state index in [0.29, 0.717) is 18.2 Å². The highest BCUT2D eigenvalue weighted by molar-refractivity contribution is 5.89. The maximum atomic E-state index is 12.0. The van der Waals surface area contributed by atoms with Crippen LogP contribution >= 0.6 is 0 Å². The molecule has 1 aromatic heterocycles. The van der Waals surface area contributed by atoms with Crippen LogP contribution in [0.25, 0.3) is 0 Å². The van der Waals surface area contributed by atoms with Gasteiger partial charge in [0.25, 0.3) is 0 Å². The Morgan fingerprint density at radius 3 is 2.50 bits per heavy atom. The first-order chi connectivity index (χ1) is 8.72. The van der Waals surface area contributed by atoms with E-state index < -0.39 is 0 Å². The second kappa shape index (κ2) is 4.71. The Bertz CT molecular complexity index is 420. The van der Waals surface area contributed by atoms with E-state index in [1.165, 1.54) is 25.7 Å². The molecule has 0 atom stereocenters. The minimum atomic E-state index is 0.134. The molecule has 96 valence electrons. The van der Waals surface area contributed by atoms with Crippen molar-refractivity contribution in [2.24, 2.45) is 17.8 Å². The highest BCUT2D eigenvalue weighted by atomic mass is 16.1. The van der Waals surface area contributed by atoms with Gasteiger partial charge >= 0.3 is 0 Å². The summed E-state index contributed by atoms with van der Waals surface area (Å²) in [5.74, 6) is 3.10. The first-order valence-electron chi connectivity index (χ1n) is 6.95. The van der Waals surface area contributed by atoms with Crippen LogP contribution in [0.3, 0.4) is 0 Å². The first kappa shape index (κ1) is 11.7. The Hall–Kier alpha value is -1.38. The third-order valence-corrected chi connectivity index (χ3v) is 4.05. The van der Waals surface area contributed by atoms with E-state index in [0.717, 1.165) is 17.4 Å². The molecule has 1 heterocycles. The molecule has 3 nitrogen and oxygen atoms in total. The summed E-state index contributed by atoms with van der Waals surface area (Å²) in [6.45, 7) is 1.99.